The molecule has 0 bridgehead atoms. The predicted molar refractivity (Wildman–Crippen MR) is 74.9 cm³/mol. The van der Waals surface area contributed by atoms with Gasteiger partial charge in [-0.15, -0.1) is 36.2 Å². The zero-order valence-electron chi connectivity index (χ0n) is 8.60. The van der Waals surface area contributed by atoms with Gasteiger partial charge < -0.3 is 10.5 Å². The molecule has 0 fully saturated rings. The number of carbonyl (C=O) groups excluding carboxylic acids is 1. The van der Waals surface area contributed by atoms with Crippen LogP contribution in [0, 0.1) is 0 Å². The molecular formula is C9H9Cl3N2O2S. The molecule has 0 aliphatic carbocycles. The molecule has 8 heteroatoms. The van der Waals surface area contributed by atoms with Gasteiger partial charge in [0, 0.05) is 0 Å². The first-order valence-corrected chi connectivity index (χ1v) is 5.25. The van der Waals surface area contributed by atoms with Gasteiger partial charge in [0.25, 0.3) is 0 Å². The Bertz CT molecular complexity index is 544. The minimum Gasteiger partial charge on any atom is -0.465 e. The van der Waals surface area contributed by atoms with Gasteiger partial charge in [0.2, 0.25) is 0 Å². The van der Waals surface area contributed by atoms with Crippen LogP contribution in [-0.2, 0) is 4.74 Å². The van der Waals surface area contributed by atoms with E-state index in [9.17, 15) is 4.79 Å². The lowest BCUT2D eigenvalue weighted by Gasteiger charge is -1.95. The van der Waals surface area contributed by atoms with E-state index in [1.165, 1.54) is 18.4 Å². The summed E-state index contributed by atoms with van der Waals surface area (Å²) >= 11 is 6.98. The van der Waals surface area contributed by atoms with Crippen LogP contribution in [0.4, 0.5) is 5.69 Å². The van der Waals surface area contributed by atoms with Crippen LogP contribution in [0.3, 0.4) is 0 Å². The van der Waals surface area contributed by atoms with E-state index < -0.39 is 5.97 Å². The predicted octanol–water partition coefficient (Wildman–Crippen LogP) is 3.16. The molecule has 0 unspecified atom stereocenters. The van der Waals surface area contributed by atoms with Gasteiger partial charge in [-0.1, -0.05) is 11.6 Å². The smallest absolute Gasteiger partial charge is 0.350 e. The molecule has 0 atom stereocenters. The van der Waals surface area contributed by atoms with Gasteiger partial charge in [0.05, 0.1) is 17.5 Å². The van der Waals surface area contributed by atoms with Gasteiger partial charge in [0.1, 0.15) is 15.5 Å². The summed E-state index contributed by atoms with van der Waals surface area (Å²) in [5, 5.41) is 0.350. The summed E-state index contributed by atoms with van der Waals surface area (Å²) in [7, 11) is 1.31. The van der Waals surface area contributed by atoms with Crippen molar-refractivity contribution in [1.82, 2.24) is 4.98 Å². The molecule has 2 aromatic rings. The van der Waals surface area contributed by atoms with Crippen molar-refractivity contribution in [1.29, 1.82) is 0 Å². The number of carbonyl (C=O) groups is 1. The van der Waals surface area contributed by atoms with Crippen molar-refractivity contribution in [3.05, 3.63) is 22.2 Å². The second-order valence-corrected chi connectivity index (χ2v) is 4.26. The number of anilines is 1. The summed E-state index contributed by atoms with van der Waals surface area (Å²) in [5.74, 6) is -0.452. The molecule has 0 aliphatic heterocycles. The summed E-state index contributed by atoms with van der Waals surface area (Å²) in [6.45, 7) is 0. The third-order valence-electron chi connectivity index (χ3n) is 1.91. The number of ether oxygens (including phenoxy) is 1. The maximum atomic E-state index is 11.3. The van der Waals surface area contributed by atoms with Crippen molar-refractivity contribution < 1.29 is 9.53 Å². The Balaban J connectivity index is 0.00000128. The van der Waals surface area contributed by atoms with Crippen molar-refractivity contribution in [3.8, 4) is 0 Å². The molecule has 2 aromatic heterocycles. The number of methoxy groups -OCH3 is 1. The first-order chi connectivity index (χ1) is 7.13. The van der Waals surface area contributed by atoms with Crippen LogP contribution in [0.2, 0.25) is 5.15 Å². The first kappa shape index (κ1) is 16.2. The number of esters is 1. The van der Waals surface area contributed by atoms with Crippen molar-refractivity contribution in [2.45, 2.75) is 0 Å². The number of fused-ring (bicyclic) bond motifs is 1. The lowest BCUT2D eigenvalue weighted by atomic mass is 10.3. The van der Waals surface area contributed by atoms with Gasteiger partial charge in [-0.2, -0.15) is 0 Å². The summed E-state index contributed by atoms with van der Waals surface area (Å²) < 4.78 is 5.42. The molecule has 4 nitrogen and oxygen atoms in total. The molecule has 2 heterocycles. The van der Waals surface area contributed by atoms with E-state index in [1.807, 2.05) is 0 Å². The molecule has 0 saturated carbocycles. The van der Waals surface area contributed by atoms with Gasteiger partial charge >= 0.3 is 5.97 Å². The van der Waals surface area contributed by atoms with Crippen LogP contribution in [-0.4, -0.2) is 18.1 Å². The number of hydrogen-bond acceptors (Lipinski definition) is 5. The van der Waals surface area contributed by atoms with Gasteiger partial charge in [-0.05, 0) is 12.1 Å². The van der Waals surface area contributed by atoms with E-state index in [2.05, 4.69) is 9.72 Å². The van der Waals surface area contributed by atoms with Crippen LogP contribution in [0.5, 0.6) is 0 Å². The molecular weight excluding hydrogens is 307 g/mol. The zero-order chi connectivity index (χ0) is 11.0. The average molecular weight is 316 g/mol. The molecule has 2 rings (SSSR count). The highest BCUT2D eigenvalue weighted by molar-refractivity contribution is 7.21. The summed E-state index contributed by atoms with van der Waals surface area (Å²) in [6, 6.07) is 3.43. The maximum Gasteiger partial charge on any atom is 0.350 e. The van der Waals surface area contributed by atoms with E-state index in [0.29, 0.717) is 21.2 Å². The topological polar surface area (TPSA) is 65.2 Å². The quantitative estimate of drug-likeness (QED) is 0.648. The SMILES string of the molecule is COC(=O)c1sc2ccc(Cl)nc2c1N.Cl.Cl. The molecule has 0 spiro atoms. The second kappa shape index (κ2) is 6.26. The largest absolute Gasteiger partial charge is 0.465 e. The van der Waals surface area contributed by atoms with E-state index in [-0.39, 0.29) is 24.8 Å². The highest BCUT2D eigenvalue weighted by Gasteiger charge is 2.17. The van der Waals surface area contributed by atoms with E-state index >= 15 is 0 Å². The minimum absolute atomic E-state index is 0. The van der Waals surface area contributed by atoms with Gasteiger partial charge in [0.15, 0.2) is 0 Å². The van der Waals surface area contributed by atoms with E-state index in [4.69, 9.17) is 17.3 Å². The van der Waals surface area contributed by atoms with Gasteiger partial charge in [-0.25, -0.2) is 9.78 Å². The number of nitrogens with two attached hydrogens (primary N) is 1. The zero-order valence-corrected chi connectivity index (χ0v) is 11.8. The Labute approximate surface area is 119 Å². The third kappa shape index (κ3) is 2.93. The Kier molecular flexibility index (Phi) is 5.98. The number of thiophene rings is 1. The van der Waals surface area contributed by atoms with Crippen molar-refractivity contribution in [2.24, 2.45) is 0 Å². The molecule has 17 heavy (non-hydrogen) atoms. The Morgan fingerprint density at radius 3 is 2.71 bits per heavy atom. The van der Waals surface area contributed by atoms with Gasteiger partial charge in [-0.3, -0.25) is 0 Å². The first-order valence-electron chi connectivity index (χ1n) is 4.06. The van der Waals surface area contributed by atoms with Crippen LogP contribution < -0.4 is 5.73 Å². The van der Waals surface area contributed by atoms with Crippen LogP contribution in [0.15, 0.2) is 12.1 Å². The van der Waals surface area contributed by atoms with E-state index in [1.54, 1.807) is 12.1 Å². The summed E-state index contributed by atoms with van der Waals surface area (Å²) in [4.78, 5) is 15.8. The van der Waals surface area contributed by atoms with Crippen molar-refractivity contribution >= 4 is 69.6 Å². The molecule has 0 aromatic carbocycles. The van der Waals surface area contributed by atoms with Crippen molar-refractivity contribution in [2.75, 3.05) is 12.8 Å². The third-order valence-corrected chi connectivity index (χ3v) is 3.26. The van der Waals surface area contributed by atoms with Crippen LogP contribution in [0.25, 0.3) is 10.2 Å². The Hall–Kier alpha value is -0.750. The fourth-order valence-electron chi connectivity index (χ4n) is 1.21. The number of pyridine rings is 1. The fourth-order valence-corrected chi connectivity index (χ4v) is 2.34. The molecule has 94 valence electrons. The number of hydrogen-bond donors (Lipinski definition) is 1. The molecule has 0 aliphatic rings. The van der Waals surface area contributed by atoms with Crippen LogP contribution in [0.1, 0.15) is 9.67 Å². The maximum absolute atomic E-state index is 11.3. The number of aromatic nitrogens is 1. The molecule has 2 N–H and O–H groups in total. The normalized spacial score (nSPS) is 9.29. The second-order valence-electron chi connectivity index (χ2n) is 2.82. The molecule has 0 saturated heterocycles. The number of nitrogen functional groups attached to an aromatic ring is 1. The minimum atomic E-state index is -0.452. The molecule has 0 amide bonds. The van der Waals surface area contributed by atoms with Crippen LogP contribution >= 0.6 is 47.8 Å². The van der Waals surface area contributed by atoms with Crippen molar-refractivity contribution in [3.63, 3.8) is 0 Å². The Morgan fingerprint density at radius 1 is 1.47 bits per heavy atom. The highest BCUT2D eigenvalue weighted by Crippen LogP contribution is 2.33. The number of nitrogens with zero attached hydrogens (tertiary/aromatic N) is 1. The molecule has 0 radical (unpaired) electrons. The number of rotatable bonds is 1. The standard InChI is InChI=1S/C9H7ClN2O2S.2ClH/c1-14-9(13)8-6(11)7-4(15-8)2-3-5(10)12-7;;/h2-3H,11H2,1H3;2*1H. The lowest BCUT2D eigenvalue weighted by molar-refractivity contribution is 0.0607. The monoisotopic (exact) mass is 314 g/mol. The number of halogens is 3. The Morgan fingerprint density at radius 2 is 2.12 bits per heavy atom. The highest BCUT2D eigenvalue weighted by atomic mass is 35.5. The van der Waals surface area contributed by atoms with E-state index in [0.717, 1.165) is 4.70 Å². The average Bonchev–Trinajstić information content (AvgIpc) is 2.55. The summed E-state index contributed by atoms with van der Waals surface area (Å²) in [6.07, 6.45) is 0. The summed E-state index contributed by atoms with van der Waals surface area (Å²) in [5.41, 5.74) is 6.65. The lowest BCUT2D eigenvalue weighted by Crippen LogP contribution is -2.01. The fraction of sp³-hybridized carbons (Fsp3) is 0.111.